The Labute approximate surface area is 209 Å². The van der Waals surface area contributed by atoms with Gasteiger partial charge in [0.1, 0.15) is 11.5 Å². The summed E-state index contributed by atoms with van der Waals surface area (Å²) in [5, 5.41) is 0. The number of halogens is 6. The third kappa shape index (κ3) is 6.11. The highest BCUT2D eigenvalue weighted by Gasteiger charge is 2.32. The lowest BCUT2D eigenvalue weighted by Gasteiger charge is -2.32. The second-order valence-electron chi connectivity index (χ2n) is 8.13. The number of Topliss-reactive ketones (excluding diaryl/α,β-unsaturated/α-hetero) is 1. The van der Waals surface area contributed by atoms with E-state index in [1.54, 1.807) is 31.2 Å². The fourth-order valence-electron chi connectivity index (χ4n) is 3.70. The average Bonchev–Trinajstić information content (AvgIpc) is 2.88. The third-order valence-electron chi connectivity index (χ3n) is 5.69. The number of hydrogen-bond acceptors (Lipinski definition) is 3. The Balaban J connectivity index is 2.08. The number of carbonyl (C=O) groups is 1. The maximum absolute atomic E-state index is 13.2. The Bertz CT molecular complexity index is 1280. The largest absolute Gasteiger partial charge is 0.428 e. The molecular formula is C28H20F6O3. The van der Waals surface area contributed by atoms with Gasteiger partial charge in [-0.2, -0.15) is 26.3 Å². The summed E-state index contributed by atoms with van der Waals surface area (Å²) in [5.41, 5.74) is 1.73. The SMILES string of the molecule is C=C(C)C(=O)c1ccc(C(C)(c2ccc(OC(F)=C(F)F)cc2)c2ccc(OC(F)=C(F)F)cc2)cc1. The smallest absolute Gasteiger partial charge is 0.344 e. The van der Waals surface area contributed by atoms with Crippen LogP contribution in [-0.4, -0.2) is 5.78 Å². The molecule has 0 atom stereocenters. The lowest BCUT2D eigenvalue weighted by Crippen LogP contribution is -2.25. The van der Waals surface area contributed by atoms with E-state index >= 15 is 0 Å². The summed E-state index contributed by atoms with van der Waals surface area (Å²) >= 11 is 0. The van der Waals surface area contributed by atoms with Crippen LogP contribution in [0.1, 0.15) is 40.9 Å². The molecular weight excluding hydrogens is 498 g/mol. The molecule has 37 heavy (non-hydrogen) atoms. The van der Waals surface area contributed by atoms with Crippen molar-refractivity contribution in [2.75, 3.05) is 0 Å². The summed E-state index contributed by atoms with van der Waals surface area (Å²) < 4.78 is 84.9. The first-order valence-corrected chi connectivity index (χ1v) is 10.7. The fourth-order valence-corrected chi connectivity index (χ4v) is 3.70. The van der Waals surface area contributed by atoms with E-state index in [1.807, 2.05) is 6.92 Å². The number of ether oxygens (including phenoxy) is 2. The lowest BCUT2D eigenvalue weighted by molar-refractivity contribution is 0.103. The molecule has 3 aromatic carbocycles. The molecule has 0 N–H and O–H groups in total. The van der Waals surface area contributed by atoms with Crippen LogP contribution in [0.3, 0.4) is 0 Å². The van der Waals surface area contributed by atoms with Gasteiger partial charge in [-0.1, -0.05) is 55.1 Å². The molecule has 0 amide bonds. The number of rotatable bonds is 9. The predicted octanol–water partition coefficient (Wildman–Crippen LogP) is 8.63. The van der Waals surface area contributed by atoms with E-state index in [0.717, 1.165) is 0 Å². The zero-order valence-corrected chi connectivity index (χ0v) is 19.6. The first kappa shape index (κ1) is 27.3. The van der Waals surface area contributed by atoms with Gasteiger partial charge in [-0.15, -0.1) is 0 Å². The number of ketones is 1. The Morgan fingerprint density at radius 2 is 0.973 bits per heavy atom. The lowest BCUT2D eigenvalue weighted by atomic mass is 9.71. The predicted molar refractivity (Wildman–Crippen MR) is 126 cm³/mol. The van der Waals surface area contributed by atoms with Gasteiger partial charge in [0.25, 0.3) is 0 Å². The second-order valence-corrected chi connectivity index (χ2v) is 8.13. The van der Waals surface area contributed by atoms with Crippen LogP contribution in [0.2, 0.25) is 0 Å². The topological polar surface area (TPSA) is 35.5 Å². The van der Waals surface area contributed by atoms with Crippen molar-refractivity contribution in [2.24, 2.45) is 0 Å². The minimum absolute atomic E-state index is 0.168. The van der Waals surface area contributed by atoms with Crippen LogP contribution in [-0.2, 0) is 5.41 Å². The molecule has 0 aromatic heterocycles. The first-order valence-electron chi connectivity index (χ1n) is 10.7. The highest BCUT2D eigenvalue weighted by molar-refractivity contribution is 6.07. The Morgan fingerprint density at radius 3 is 1.27 bits per heavy atom. The quantitative estimate of drug-likeness (QED) is 0.0935. The van der Waals surface area contributed by atoms with Gasteiger partial charge in [0.15, 0.2) is 5.78 Å². The van der Waals surface area contributed by atoms with Crippen molar-refractivity contribution in [3.8, 4) is 11.5 Å². The zero-order valence-electron chi connectivity index (χ0n) is 19.6. The van der Waals surface area contributed by atoms with E-state index in [1.165, 1.54) is 48.5 Å². The molecule has 0 spiro atoms. The molecule has 0 radical (unpaired) electrons. The highest BCUT2D eigenvalue weighted by Crippen LogP contribution is 2.40. The molecule has 3 aromatic rings. The fraction of sp³-hybridized carbons (Fsp3) is 0.107. The number of benzene rings is 3. The summed E-state index contributed by atoms with van der Waals surface area (Å²) in [6.07, 6.45) is -5.20. The number of carbonyl (C=O) groups excluding carboxylic acids is 1. The third-order valence-corrected chi connectivity index (χ3v) is 5.69. The van der Waals surface area contributed by atoms with Crippen molar-refractivity contribution >= 4 is 5.78 Å². The molecule has 0 aliphatic heterocycles. The molecule has 9 heteroatoms. The Morgan fingerprint density at radius 1 is 0.649 bits per heavy atom. The van der Waals surface area contributed by atoms with E-state index < -0.39 is 29.6 Å². The molecule has 0 aliphatic rings. The molecule has 0 bridgehead atoms. The van der Waals surface area contributed by atoms with Gasteiger partial charge in [-0.25, -0.2) is 0 Å². The summed E-state index contributed by atoms with van der Waals surface area (Å²) in [7, 11) is 0. The van der Waals surface area contributed by atoms with Gasteiger partial charge in [-0.3, -0.25) is 4.79 Å². The summed E-state index contributed by atoms with van der Waals surface area (Å²) in [6.45, 7) is 7.06. The summed E-state index contributed by atoms with van der Waals surface area (Å²) in [5.74, 6) is -0.572. The van der Waals surface area contributed by atoms with Crippen molar-refractivity contribution in [1.82, 2.24) is 0 Å². The Kier molecular flexibility index (Phi) is 8.27. The van der Waals surface area contributed by atoms with Crippen LogP contribution in [0.5, 0.6) is 11.5 Å². The van der Waals surface area contributed by atoms with Crippen LogP contribution in [0.15, 0.2) is 109 Å². The molecule has 3 nitrogen and oxygen atoms in total. The summed E-state index contributed by atoms with van der Waals surface area (Å²) in [4.78, 5) is 12.3. The average molecular weight is 518 g/mol. The molecule has 0 saturated heterocycles. The van der Waals surface area contributed by atoms with E-state index in [2.05, 4.69) is 16.1 Å². The molecule has 0 fully saturated rings. The number of hydrogen-bond donors (Lipinski definition) is 0. The van der Waals surface area contributed by atoms with Crippen molar-refractivity contribution in [3.63, 3.8) is 0 Å². The first-order chi connectivity index (χ1) is 17.4. The maximum Gasteiger partial charge on any atom is 0.344 e. The molecule has 192 valence electrons. The van der Waals surface area contributed by atoms with Gasteiger partial charge < -0.3 is 9.47 Å². The maximum atomic E-state index is 13.2. The van der Waals surface area contributed by atoms with Gasteiger partial charge in [0, 0.05) is 11.0 Å². The second kappa shape index (κ2) is 11.2. The van der Waals surface area contributed by atoms with Crippen LogP contribution in [0, 0.1) is 0 Å². The highest BCUT2D eigenvalue weighted by atomic mass is 19.3. The number of allylic oxidation sites excluding steroid dienone is 1. The van der Waals surface area contributed by atoms with Crippen LogP contribution in [0.25, 0.3) is 0 Å². The zero-order chi connectivity index (χ0) is 27.3. The van der Waals surface area contributed by atoms with E-state index in [4.69, 9.17) is 0 Å². The monoisotopic (exact) mass is 518 g/mol. The van der Waals surface area contributed by atoms with Crippen molar-refractivity contribution < 1.29 is 40.6 Å². The van der Waals surface area contributed by atoms with Crippen molar-refractivity contribution in [2.45, 2.75) is 19.3 Å². The minimum atomic E-state index is -2.60. The molecule has 0 saturated carbocycles. The molecule has 3 rings (SSSR count). The molecule has 0 heterocycles. The minimum Gasteiger partial charge on any atom is -0.428 e. The van der Waals surface area contributed by atoms with Crippen LogP contribution >= 0.6 is 0 Å². The van der Waals surface area contributed by atoms with Gasteiger partial charge in [0.2, 0.25) is 0 Å². The van der Waals surface area contributed by atoms with E-state index in [9.17, 15) is 31.1 Å². The van der Waals surface area contributed by atoms with Gasteiger partial charge in [-0.05, 0) is 60.4 Å². The molecule has 0 unspecified atom stereocenters. The molecule has 0 aliphatic carbocycles. The van der Waals surface area contributed by atoms with Gasteiger partial charge in [0.05, 0.1) is 0 Å². The van der Waals surface area contributed by atoms with Crippen molar-refractivity contribution in [3.05, 3.63) is 131 Å². The van der Waals surface area contributed by atoms with Crippen LogP contribution in [0.4, 0.5) is 26.3 Å². The van der Waals surface area contributed by atoms with E-state index in [0.29, 0.717) is 27.8 Å². The Hall–Kier alpha value is -4.27. The van der Waals surface area contributed by atoms with Crippen molar-refractivity contribution in [1.29, 1.82) is 0 Å². The van der Waals surface area contributed by atoms with Gasteiger partial charge >= 0.3 is 24.2 Å². The standard InChI is InChI=1S/C28H20F6O3/c1-16(2)23(35)17-4-6-18(7-5-17)28(3,19-8-12-21(13-9-19)36-26(33)24(29)30)20-10-14-22(15-11-20)37-27(34)25(31)32/h4-15H,1H2,2-3H3. The van der Waals surface area contributed by atoms with Crippen LogP contribution < -0.4 is 9.47 Å². The van der Waals surface area contributed by atoms with E-state index in [-0.39, 0.29) is 17.3 Å². The normalized spacial score (nSPS) is 10.9. The summed E-state index contributed by atoms with van der Waals surface area (Å²) in [6, 6.07) is 14.0.